The van der Waals surface area contributed by atoms with Crippen LogP contribution in [0.1, 0.15) is 37.0 Å². The topological polar surface area (TPSA) is 55.1 Å². The molecule has 1 heterocycles. The van der Waals surface area contributed by atoms with Crippen LogP contribution in [-0.2, 0) is 12.0 Å². The van der Waals surface area contributed by atoms with E-state index in [0.29, 0.717) is 11.3 Å². The van der Waals surface area contributed by atoms with Crippen LogP contribution < -0.4 is 0 Å². The van der Waals surface area contributed by atoms with Crippen molar-refractivity contribution in [2.75, 3.05) is 0 Å². The number of nitrogens with zero attached hydrogens (tertiary/aromatic N) is 2. The van der Waals surface area contributed by atoms with Crippen molar-refractivity contribution in [3.63, 3.8) is 0 Å². The zero-order chi connectivity index (χ0) is 15.1. The molecule has 0 amide bonds. The molecule has 20 heavy (non-hydrogen) atoms. The van der Waals surface area contributed by atoms with Crippen LogP contribution in [0, 0.1) is 0 Å². The predicted molar refractivity (Wildman–Crippen MR) is 71.4 cm³/mol. The van der Waals surface area contributed by atoms with Gasteiger partial charge in [-0.15, -0.1) is 0 Å². The molecule has 4 nitrogen and oxygen atoms in total. The van der Waals surface area contributed by atoms with Crippen molar-refractivity contribution in [2.24, 2.45) is 0 Å². The van der Waals surface area contributed by atoms with E-state index in [1.807, 2.05) is 20.8 Å². The van der Waals surface area contributed by atoms with Crippen LogP contribution in [-0.4, -0.2) is 27.1 Å². The Morgan fingerprint density at radius 2 is 2.05 bits per heavy atom. The number of carboxylic acids is 1. The number of carbonyl (C=O) groups is 1. The Balaban J connectivity index is 2.78. The number of halogens is 2. The third-order valence-corrected chi connectivity index (χ3v) is 3.00. The summed E-state index contributed by atoms with van der Waals surface area (Å²) in [5.41, 5.74) is 0.255. The van der Waals surface area contributed by atoms with E-state index in [1.54, 1.807) is 12.1 Å². The lowest BCUT2D eigenvalue weighted by atomic mass is 9.95. The van der Waals surface area contributed by atoms with Gasteiger partial charge >= 0.3 is 5.97 Å². The number of hydrogen-bond donors (Lipinski definition) is 1. The lowest BCUT2D eigenvalue weighted by molar-refractivity contribution is 0.0698. The normalized spacial score (nSPS) is 12.3. The fourth-order valence-electron chi connectivity index (χ4n) is 2.21. The van der Waals surface area contributed by atoms with Crippen LogP contribution in [0.4, 0.5) is 8.78 Å². The van der Waals surface area contributed by atoms with Gasteiger partial charge in [-0.25, -0.2) is 18.6 Å². The number of para-hydroxylation sites is 1. The number of imidazole rings is 1. The summed E-state index contributed by atoms with van der Waals surface area (Å²) in [5, 5.41) is 9.17. The molecule has 1 aromatic carbocycles. The smallest absolute Gasteiger partial charge is 0.337 e. The summed E-state index contributed by atoms with van der Waals surface area (Å²) in [7, 11) is 0. The van der Waals surface area contributed by atoms with E-state index in [0.717, 1.165) is 0 Å². The van der Waals surface area contributed by atoms with Crippen molar-refractivity contribution in [1.29, 1.82) is 0 Å². The first-order chi connectivity index (χ1) is 9.21. The van der Waals surface area contributed by atoms with Gasteiger partial charge in [0.2, 0.25) is 0 Å². The first-order valence-electron chi connectivity index (χ1n) is 6.23. The molecule has 6 heteroatoms. The molecule has 0 saturated heterocycles. The first-order valence-corrected chi connectivity index (χ1v) is 6.23. The second-order valence-electron chi connectivity index (χ2n) is 5.67. The zero-order valence-corrected chi connectivity index (χ0v) is 11.5. The van der Waals surface area contributed by atoms with Gasteiger partial charge in [-0.2, -0.15) is 0 Å². The number of benzene rings is 1. The van der Waals surface area contributed by atoms with E-state index in [9.17, 15) is 18.7 Å². The zero-order valence-electron chi connectivity index (χ0n) is 11.5. The summed E-state index contributed by atoms with van der Waals surface area (Å²) in [5.74, 6) is -0.653. The number of fused-ring (bicyclic) bond motifs is 1. The molecule has 0 aliphatic rings. The number of aromatic nitrogens is 2. The first kappa shape index (κ1) is 14.4. The van der Waals surface area contributed by atoms with Gasteiger partial charge < -0.3 is 9.67 Å². The highest BCUT2D eigenvalue weighted by molar-refractivity contribution is 6.01. The number of rotatable bonds is 3. The summed E-state index contributed by atoms with van der Waals surface area (Å²) >= 11 is 0. The van der Waals surface area contributed by atoms with E-state index in [-0.39, 0.29) is 11.1 Å². The molecule has 0 aliphatic carbocycles. The van der Waals surface area contributed by atoms with Crippen LogP contribution in [0.25, 0.3) is 11.0 Å². The van der Waals surface area contributed by atoms with Gasteiger partial charge in [0.05, 0.1) is 17.6 Å². The van der Waals surface area contributed by atoms with E-state index >= 15 is 0 Å². The van der Waals surface area contributed by atoms with Crippen LogP contribution in [0.15, 0.2) is 18.2 Å². The summed E-state index contributed by atoms with van der Waals surface area (Å²) in [6, 6.07) is 4.59. The molecular formula is C14H16F2N2O2. The monoisotopic (exact) mass is 282 g/mol. The Morgan fingerprint density at radius 1 is 1.40 bits per heavy atom. The SMILES string of the molecule is CC(C)(C)c1nc2c(C(=O)O)cccc2n1CC(F)F. The molecule has 0 radical (unpaired) electrons. The maximum absolute atomic E-state index is 12.8. The summed E-state index contributed by atoms with van der Waals surface area (Å²) < 4.78 is 27.0. The fraction of sp³-hybridized carbons (Fsp3) is 0.429. The minimum atomic E-state index is -2.53. The Labute approximate surface area is 115 Å². The molecule has 1 N–H and O–H groups in total. The van der Waals surface area contributed by atoms with Gasteiger partial charge in [0.1, 0.15) is 11.3 Å². The molecule has 0 spiro atoms. The maximum atomic E-state index is 12.8. The Bertz CT molecular complexity index is 657. The van der Waals surface area contributed by atoms with Gasteiger partial charge in [0.25, 0.3) is 6.43 Å². The molecule has 0 unspecified atom stereocenters. The minimum Gasteiger partial charge on any atom is -0.478 e. The summed E-state index contributed by atoms with van der Waals surface area (Å²) in [6.45, 7) is 5.08. The number of aromatic carboxylic acids is 1. The molecule has 0 saturated carbocycles. The Kier molecular flexibility index (Phi) is 3.50. The van der Waals surface area contributed by atoms with Crippen LogP contribution in [0.2, 0.25) is 0 Å². The molecule has 0 aliphatic heterocycles. The summed E-state index contributed by atoms with van der Waals surface area (Å²) in [4.78, 5) is 15.5. The molecule has 0 bridgehead atoms. The third-order valence-electron chi connectivity index (χ3n) is 3.00. The molecule has 0 fully saturated rings. The average molecular weight is 282 g/mol. The molecule has 2 rings (SSSR count). The van der Waals surface area contributed by atoms with E-state index in [2.05, 4.69) is 4.98 Å². The third kappa shape index (κ3) is 2.50. The molecule has 0 atom stereocenters. The highest BCUT2D eigenvalue weighted by atomic mass is 19.3. The number of alkyl halides is 2. The number of carboxylic acid groups (broad SMARTS) is 1. The lowest BCUT2D eigenvalue weighted by Crippen LogP contribution is -2.21. The van der Waals surface area contributed by atoms with Crippen LogP contribution >= 0.6 is 0 Å². The Hall–Kier alpha value is -1.98. The standard InChI is InChI=1S/C14H16F2N2O2/c1-14(2,3)13-17-11-8(12(19)20)5-4-6-9(11)18(13)7-10(15)16/h4-6,10H,7H2,1-3H3,(H,19,20). The lowest BCUT2D eigenvalue weighted by Gasteiger charge is -2.19. The van der Waals surface area contributed by atoms with Crippen molar-refractivity contribution < 1.29 is 18.7 Å². The van der Waals surface area contributed by atoms with Crippen molar-refractivity contribution in [1.82, 2.24) is 9.55 Å². The van der Waals surface area contributed by atoms with Crippen molar-refractivity contribution in [3.8, 4) is 0 Å². The molecular weight excluding hydrogens is 266 g/mol. The van der Waals surface area contributed by atoms with Crippen molar-refractivity contribution in [2.45, 2.75) is 39.2 Å². The quantitative estimate of drug-likeness (QED) is 0.939. The van der Waals surface area contributed by atoms with Gasteiger partial charge in [0.15, 0.2) is 0 Å². The Morgan fingerprint density at radius 3 is 2.55 bits per heavy atom. The van der Waals surface area contributed by atoms with E-state index in [4.69, 9.17) is 0 Å². The maximum Gasteiger partial charge on any atom is 0.337 e. The van der Waals surface area contributed by atoms with Gasteiger partial charge in [-0.05, 0) is 12.1 Å². The van der Waals surface area contributed by atoms with Gasteiger partial charge in [0, 0.05) is 5.41 Å². The molecule has 108 valence electrons. The van der Waals surface area contributed by atoms with Crippen LogP contribution in [0.3, 0.4) is 0 Å². The second-order valence-corrected chi connectivity index (χ2v) is 5.67. The van der Waals surface area contributed by atoms with E-state index in [1.165, 1.54) is 10.6 Å². The average Bonchev–Trinajstić information content (AvgIpc) is 2.67. The second kappa shape index (κ2) is 4.85. The molecule has 1 aromatic heterocycles. The van der Waals surface area contributed by atoms with Crippen LogP contribution in [0.5, 0.6) is 0 Å². The van der Waals surface area contributed by atoms with Gasteiger partial charge in [-0.1, -0.05) is 26.8 Å². The highest BCUT2D eigenvalue weighted by Gasteiger charge is 2.26. The van der Waals surface area contributed by atoms with Crippen molar-refractivity contribution >= 4 is 17.0 Å². The van der Waals surface area contributed by atoms with Gasteiger partial charge in [-0.3, -0.25) is 0 Å². The molecule has 2 aromatic rings. The predicted octanol–water partition coefficient (Wildman–Crippen LogP) is 3.30. The van der Waals surface area contributed by atoms with E-state index < -0.39 is 24.4 Å². The highest BCUT2D eigenvalue weighted by Crippen LogP contribution is 2.28. The fourth-order valence-corrected chi connectivity index (χ4v) is 2.21. The van der Waals surface area contributed by atoms with Crippen molar-refractivity contribution in [3.05, 3.63) is 29.6 Å². The largest absolute Gasteiger partial charge is 0.478 e. The minimum absolute atomic E-state index is 0.0287. The summed E-state index contributed by atoms with van der Waals surface area (Å²) in [6.07, 6.45) is -2.53. The number of hydrogen-bond acceptors (Lipinski definition) is 2.